The van der Waals surface area contributed by atoms with E-state index in [1.165, 1.54) is 48.6 Å². The molecule has 9 amide bonds. The maximum absolute atomic E-state index is 14.6. The predicted octanol–water partition coefficient (Wildman–Crippen LogP) is -1.74. The lowest BCUT2D eigenvalue weighted by atomic mass is 9.98. The van der Waals surface area contributed by atoms with Crippen molar-refractivity contribution in [2.75, 3.05) is 25.2 Å². The van der Waals surface area contributed by atoms with Gasteiger partial charge in [-0.1, -0.05) is 64.4 Å². The molecule has 2 aromatic heterocycles. The standard InChI is InChI=1S/C52H73N13O13S/c1-6-28(4)44(52(77)78)65-47(72)37(17-18-79-5)61-48(73)38(19-29-11-13-32(67)14-12-29)62-49(74)40(21-31-23-55-26-58-31)63-51(76)43(27(2)3)64-50(75)39(20-30-22-56-35-10-8-7-9-33(30)35)59-42(69)24-57-46(71)36(15-16-41(54)68)60-45(70)34(53)25-66/h7-14,22-23,26-28,34,36-40,43-44,56,66-67H,6,15-21,24-25,53H2,1-5H3,(H2,54,68)(H,55,58)(H,57,71)(H,59,69)(H,60,70)(H,61,73)(H,62,74)(H,63,76)(H,64,75)(H,65,72)(H,77,78)/t28-,34-,36-,37-,38-,39-,40-,43-,44-/m0/s1. The van der Waals surface area contributed by atoms with E-state index < -0.39 is 132 Å². The average Bonchev–Trinajstić information content (AvgIpc) is 4.10. The lowest BCUT2D eigenvalue weighted by molar-refractivity contribution is -0.144. The lowest BCUT2D eigenvalue weighted by Gasteiger charge is -2.29. The molecule has 0 bridgehead atoms. The maximum Gasteiger partial charge on any atom is 0.326 e. The summed E-state index contributed by atoms with van der Waals surface area (Å²) in [5.41, 5.74) is 13.0. The Hall–Kier alpha value is -8.04. The first-order valence-electron chi connectivity index (χ1n) is 25.6. The van der Waals surface area contributed by atoms with Gasteiger partial charge in [0.2, 0.25) is 53.2 Å². The number of fused-ring (bicyclic) bond motifs is 1. The number of thioether (sulfide) groups is 1. The first kappa shape index (κ1) is 63.5. The maximum atomic E-state index is 14.6. The van der Waals surface area contributed by atoms with Crippen LogP contribution in [0.15, 0.2) is 67.3 Å². The Morgan fingerprint density at radius 2 is 1.27 bits per heavy atom. The van der Waals surface area contributed by atoms with Crippen molar-refractivity contribution in [3.05, 3.63) is 84.1 Å². The number of aliphatic hydroxyl groups excluding tert-OH is 1. The van der Waals surface area contributed by atoms with Crippen LogP contribution in [0.1, 0.15) is 70.2 Å². The summed E-state index contributed by atoms with van der Waals surface area (Å²) >= 11 is 1.39. The van der Waals surface area contributed by atoms with Crippen LogP contribution in [0, 0.1) is 11.8 Å². The second-order valence-corrected chi connectivity index (χ2v) is 20.3. The molecule has 0 aliphatic heterocycles. The van der Waals surface area contributed by atoms with Crippen LogP contribution in [0.3, 0.4) is 0 Å². The molecule has 4 rings (SSSR count). The van der Waals surface area contributed by atoms with Gasteiger partial charge in [-0.05, 0) is 66.0 Å². The van der Waals surface area contributed by atoms with Crippen LogP contribution in [0.5, 0.6) is 5.75 Å². The van der Waals surface area contributed by atoms with E-state index in [1.807, 2.05) is 0 Å². The van der Waals surface area contributed by atoms with Gasteiger partial charge in [0.1, 0.15) is 54.1 Å². The number of aromatic nitrogens is 3. The zero-order valence-corrected chi connectivity index (χ0v) is 45.4. The summed E-state index contributed by atoms with van der Waals surface area (Å²) in [5, 5.41) is 50.6. The number of carboxylic acid groups (broad SMARTS) is 1. The van der Waals surface area contributed by atoms with Gasteiger partial charge in [-0.2, -0.15) is 11.8 Å². The van der Waals surface area contributed by atoms with Crippen molar-refractivity contribution in [3.8, 4) is 5.75 Å². The molecule has 430 valence electrons. The fraction of sp³-hybridized carbons (Fsp3) is 0.481. The van der Waals surface area contributed by atoms with Crippen molar-refractivity contribution in [3.63, 3.8) is 0 Å². The molecule has 17 N–H and O–H groups in total. The number of aromatic amines is 2. The molecule has 0 saturated heterocycles. The van der Waals surface area contributed by atoms with Crippen LogP contribution in [-0.4, -0.2) is 163 Å². The highest BCUT2D eigenvalue weighted by molar-refractivity contribution is 7.98. The largest absolute Gasteiger partial charge is 0.508 e. The van der Waals surface area contributed by atoms with Crippen molar-refractivity contribution < 1.29 is 63.3 Å². The number of primary amides is 1. The Balaban J connectivity index is 1.61. The number of amides is 9. The third-order valence-electron chi connectivity index (χ3n) is 12.9. The number of imidazole rings is 1. The molecule has 27 heteroatoms. The second-order valence-electron chi connectivity index (χ2n) is 19.3. The fourth-order valence-corrected chi connectivity index (χ4v) is 8.59. The summed E-state index contributed by atoms with van der Waals surface area (Å²) in [6.07, 6.45) is 5.62. The number of aromatic hydroxyl groups is 1. The second kappa shape index (κ2) is 31.4. The summed E-state index contributed by atoms with van der Waals surface area (Å²) in [6.45, 7) is 5.22. The number of hydrogen-bond donors (Lipinski definition) is 15. The number of phenolic OH excluding ortho intramolecular Hbond substituents is 1. The minimum atomic E-state index is -1.45. The number of para-hydroxylation sites is 1. The van der Waals surface area contributed by atoms with Gasteiger partial charge in [0.05, 0.1) is 19.5 Å². The van der Waals surface area contributed by atoms with Crippen molar-refractivity contribution in [2.24, 2.45) is 23.3 Å². The smallest absolute Gasteiger partial charge is 0.326 e. The molecule has 4 aromatic rings. The quantitative estimate of drug-likeness (QED) is 0.0252. The van der Waals surface area contributed by atoms with E-state index in [-0.39, 0.29) is 44.3 Å². The molecular formula is C52H73N13O13S. The van der Waals surface area contributed by atoms with Gasteiger partial charge in [0.15, 0.2) is 0 Å². The third-order valence-corrected chi connectivity index (χ3v) is 13.6. The predicted molar refractivity (Wildman–Crippen MR) is 291 cm³/mol. The summed E-state index contributed by atoms with van der Waals surface area (Å²) in [5.74, 6) is -9.65. The fourth-order valence-electron chi connectivity index (χ4n) is 8.12. The molecule has 2 aromatic carbocycles. The lowest BCUT2D eigenvalue weighted by Crippen LogP contribution is -2.61. The molecule has 0 saturated carbocycles. The number of carbonyl (C=O) groups excluding carboxylic acids is 9. The Labute approximate surface area is 460 Å². The van der Waals surface area contributed by atoms with Crippen LogP contribution >= 0.6 is 11.8 Å². The summed E-state index contributed by atoms with van der Waals surface area (Å²) < 4.78 is 0. The van der Waals surface area contributed by atoms with Crippen molar-refractivity contribution in [1.82, 2.24) is 57.5 Å². The first-order chi connectivity index (χ1) is 37.5. The number of carboxylic acids is 1. The number of rotatable bonds is 33. The number of aliphatic hydroxyl groups is 1. The average molecular weight is 1120 g/mol. The highest BCUT2D eigenvalue weighted by Gasteiger charge is 2.36. The molecule has 2 heterocycles. The van der Waals surface area contributed by atoms with Gasteiger partial charge < -0.3 is 79.3 Å². The van der Waals surface area contributed by atoms with Gasteiger partial charge in [0, 0.05) is 54.7 Å². The number of aliphatic carboxylic acids is 1. The van der Waals surface area contributed by atoms with Crippen LogP contribution in [0.4, 0.5) is 0 Å². The Kier molecular flexibility index (Phi) is 25.2. The van der Waals surface area contributed by atoms with Crippen molar-refractivity contribution in [1.29, 1.82) is 0 Å². The number of nitrogens with zero attached hydrogens (tertiary/aromatic N) is 1. The molecule has 0 spiro atoms. The van der Waals surface area contributed by atoms with E-state index in [2.05, 4.69) is 57.5 Å². The SMILES string of the molecule is CC[C@H](C)[C@H](NC(=O)[C@H](CCSC)NC(=O)[C@H](Cc1ccc(O)cc1)NC(=O)[C@H](Cc1cnc[nH]1)NC(=O)[C@@H](NC(=O)[C@H](Cc1c[nH]c2ccccc12)NC(=O)CNC(=O)[C@H](CCC(N)=O)NC(=O)[C@@H](N)CO)C(C)C)C(=O)O. The minimum absolute atomic E-state index is 0.0696. The van der Waals surface area contributed by atoms with Crippen LogP contribution in [-0.2, 0) is 67.2 Å². The molecule has 0 radical (unpaired) electrons. The Bertz CT molecular complexity index is 2720. The van der Waals surface area contributed by atoms with E-state index >= 15 is 0 Å². The number of hydrogen-bond acceptors (Lipinski definition) is 15. The van der Waals surface area contributed by atoms with Crippen LogP contribution in [0.2, 0.25) is 0 Å². The molecule has 0 unspecified atom stereocenters. The molecule has 9 atom stereocenters. The molecule has 79 heavy (non-hydrogen) atoms. The monoisotopic (exact) mass is 1120 g/mol. The highest BCUT2D eigenvalue weighted by Crippen LogP contribution is 2.20. The summed E-state index contributed by atoms with van der Waals surface area (Å²) in [7, 11) is 0. The van der Waals surface area contributed by atoms with Crippen LogP contribution < -0.4 is 54.0 Å². The zero-order valence-electron chi connectivity index (χ0n) is 44.6. The van der Waals surface area contributed by atoms with Gasteiger partial charge in [-0.25, -0.2) is 9.78 Å². The number of carbonyl (C=O) groups is 10. The topological polar surface area (TPSA) is 424 Å². The Morgan fingerprint density at radius 3 is 1.87 bits per heavy atom. The molecule has 0 aliphatic rings. The van der Waals surface area contributed by atoms with Crippen molar-refractivity contribution >= 4 is 81.8 Å². The number of nitrogens with one attached hydrogen (secondary N) is 10. The van der Waals surface area contributed by atoms with E-state index in [4.69, 9.17) is 11.5 Å². The van der Waals surface area contributed by atoms with E-state index in [1.54, 1.807) is 64.4 Å². The molecule has 0 fully saturated rings. The first-order valence-corrected chi connectivity index (χ1v) is 27.0. The summed E-state index contributed by atoms with van der Waals surface area (Å²) in [4.78, 5) is 145. The third kappa shape index (κ3) is 20.0. The molecular weight excluding hydrogens is 1050 g/mol. The van der Waals surface area contributed by atoms with Gasteiger partial charge >= 0.3 is 5.97 Å². The normalized spacial score (nSPS) is 14.6. The van der Waals surface area contributed by atoms with Gasteiger partial charge in [-0.15, -0.1) is 0 Å². The van der Waals surface area contributed by atoms with Crippen LogP contribution in [0.25, 0.3) is 10.9 Å². The van der Waals surface area contributed by atoms with Gasteiger partial charge in [-0.3, -0.25) is 43.2 Å². The van der Waals surface area contributed by atoms with E-state index in [0.717, 1.165) is 5.52 Å². The molecule has 0 aliphatic carbocycles. The number of phenols is 1. The highest BCUT2D eigenvalue weighted by atomic mass is 32.2. The van der Waals surface area contributed by atoms with Crippen molar-refractivity contribution in [2.45, 2.75) is 121 Å². The van der Waals surface area contributed by atoms with Gasteiger partial charge in [0.25, 0.3) is 0 Å². The molecule has 26 nitrogen and oxygen atoms in total. The van der Waals surface area contributed by atoms with E-state index in [9.17, 15) is 63.3 Å². The number of H-pyrrole nitrogens is 2. The van der Waals surface area contributed by atoms with E-state index in [0.29, 0.717) is 34.4 Å². The number of benzene rings is 2. The number of nitrogens with two attached hydrogens (primary N) is 2. The zero-order chi connectivity index (χ0) is 58.3. The minimum Gasteiger partial charge on any atom is -0.508 e. The Morgan fingerprint density at radius 1 is 0.684 bits per heavy atom. The summed E-state index contributed by atoms with van der Waals surface area (Å²) in [6, 6.07) is 2.06.